The molecule has 0 saturated carbocycles. The molecule has 0 atom stereocenters. The summed E-state index contributed by atoms with van der Waals surface area (Å²) >= 11 is 0. The molecule has 0 aliphatic carbocycles. The fourth-order valence-electron chi connectivity index (χ4n) is 3.78. The number of aryl methyl sites for hydroxylation is 1. The summed E-state index contributed by atoms with van der Waals surface area (Å²) in [4.78, 5) is 27.1. The van der Waals surface area contributed by atoms with Crippen molar-refractivity contribution >= 4 is 21.6 Å². The molecular formula is C22H23N5O6S. The SMILES string of the molecule is Cc1ccc(-c2noc(CNC(=O)C3CCN(S(=O)(=O)c4ccccc4[N+](=O)[O-])CC3)n2)cc1. The topological polar surface area (TPSA) is 149 Å². The lowest BCUT2D eigenvalue weighted by Gasteiger charge is -2.30. The molecule has 12 heteroatoms. The van der Waals surface area contributed by atoms with Crippen molar-refractivity contribution < 1.29 is 22.7 Å². The number of carbonyl (C=O) groups excluding carboxylic acids is 1. The van der Waals surface area contributed by atoms with Crippen LogP contribution in [-0.2, 0) is 21.4 Å². The lowest BCUT2D eigenvalue weighted by molar-refractivity contribution is -0.387. The molecule has 1 fully saturated rings. The van der Waals surface area contributed by atoms with Crippen LogP contribution < -0.4 is 5.32 Å². The highest BCUT2D eigenvalue weighted by atomic mass is 32.2. The average Bonchev–Trinajstić information content (AvgIpc) is 3.32. The van der Waals surface area contributed by atoms with Crippen LogP contribution in [0.5, 0.6) is 0 Å². The van der Waals surface area contributed by atoms with Crippen molar-refractivity contribution in [3.05, 3.63) is 70.1 Å². The van der Waals surface area contributed by atoms with Gasteiger partial charge in [-0.3, -0.25) is 14.9 Å². The van der Waals surface area contributed by atoms with Crippen molar-refractivity contribution in [1.82, 2.24) is 19.8 Å². The standard InChI is InChI=1S/C22H23N5O6S/c1-15-6-8-16(9-7-15)21-24-20(33-25-21)14-23-22(28)17-10-12-26(13-11-17)34(31,32)19-5-3-2-4-18(19)27(29)30/h2-9,17H,10-14H2,1H3,(H,23,28). The lowest BCUT2D eigenvalue weighted by atomic mass is 9.97. The molecule has 1 amide bonds. The van der Waals surface area contributed by atoms with E-state index in [0.29, 0.717) is 18.7 Å². The zero-order chi connectivity index (χ0) is 24.3. The van der Waals surface area contributed by atoms with E-state index >= 15 is 0 Å². The molecule has 0 unspecified atom stereocenters. The van der Waals surface area contributed by atoms with Crippen LogP contribution in [0.2, 0.25) is 0 Å². The summed E-state index contributed by atoms with van der Waals surface area (Å²) in [7, 11) is -4.04. The van der Waals surface area contributed by atoms with Gasteiger partial charge in [0.25, 0.3) is 5.69 Å². The number of nitro benzene ring substituents is 1. The maximum absolute atomic E-state index is 12.9. The molecule has 1 aliphatic heterocycles. The van der Waals surface area contributed by atoms with Gasteiger partial charge in [-0.1, -0.05) is 47.1 Å². The summed E-state index contributed by atoms with van der Waals surface area (Å²) in [5.74, 6) is 0.0626. The number of benzene rings is 2. The molecule has 11 nitrogen and oxygen atoms in total. The average molecular weight is 486 g/mol. The second-order valence-corrected chi connectivity index (χ2v) is 9.91. The van der Waals surface area contributed by atoms with Crippen LogP contribution >= 0.6 is 0 Å². The summed E-state index contributed by atoms with van der Waals surface area (Å²) in [5.41, 5.74) is 1.45. The highest BCUT2D eigenvalue weighted by Gasteiger charge is 2.35. The number of hydrogen-bond donors (Lipinski definition) is 1. The van der Waals surface area contributed by atoms with Gasteiger partial charge in [-0.25, -0.2) is 8.42 Å². The van der Waals surface area contributed by atoms with Crippen LogP contribution in [-0.4, -0.2) is 46.8 Å². The number of nitro groups is 1. The number of para-hydroxylation sites is 1. The van der Waals surface area contributed by atoms with Gasteiger partial charge in [0, 0.05) is 30.6 Å². The Morgan fingerprint density at radius 1 is 1.18 bits per heavy atom. The highest BCUT2D eigenvalue weighted by molar-refractivity contribution is 7.89. The van der Waals surface area contributed by atoms with E-state index in [4.69, 9.17) is 4.52 Å². The van der Waals surface area contributed by atoms with E-state index in [-0.39, 0.29) is 36.3 Å². The molecule has 0 spiro atoms. The fraction of sp³-hybridized carbons (Fsp3) is 0.318. The summed E-state index contributed by atoms with van der Waals surface area (Å²) in [6.45, 7) is 2.22. The molecule has 2 heterocycles. The Morgan fingerprint density at radius 3 is 2.53 bits per heavy atom. The minimum absolute atomic E-state index is 0.0619. The molecule has 1 aromatic heterocycles. The minimum Gasteiger partial charge on any atom is -0.347 e. The van der Waals surface area contributed by atoms with Crippen molar-refractivity contribution in [3.8, 4) is 11.4 Å². The van der Waals surface area contributed by atoms with Crippen LogP contribution in [0.25, 0.3) is 11.4 Å². The third-order valence-corrected chi connectivity index (χ3v) is 7.64. The highest BCUT2D eigenvalue weighted by Crippen LogP contribution is 2.29. The van der Waals surface area contributed by atoms with E-state index in [2.05, 4.69) is 15.5 Å². The molecular weight excluding hydrogens is 462 g/mol. The Bertz CT molecular complexity index is 1300. The minimum atomic E-state index is -4.04. The molecule has 4 rings (SSSR count). The number of rotatable bonds is 7. The number of hydrogen-bond acceptors (Lipinski definition) is 8. The Hall–Kier alpha value is -3.64. The monoisotopic (exact) mass is 485 g/mol. The third kappa shape index (κ3) is 4.97. The van der Waals surface area contributed by atoms with E-state index in [0.717, 1.165) is 17.2 Å². The number of piperidine rings is 1. The smallest absolute Gasteiger partial charge is 0.289 e. The third-order valence-electron chi connectivity index (χ3n) is 5.70. The van der Waals surface area contributed by atoms with Crippen LogP contribution in [0.15, 0.2) is 57.9 Å². The first-order chi connectivity index (χ1) is 16.3. The van der Waals surface area contributed by atoms with Crippen LogP contribution in [0.1, 0.15) is 24.3 Å². The lowest BCUT2D eigenvalue weighted by Crippen LogP contribution is -2.43. The van der Waals surface area contributed by atoms with Crippen molar-refractivity contribution in [2.24, 2.45) is 5.92 Å². The van der Waals surface area contributed by atoms with Gasteiger partial charge in [0.2, 0.25) is 27.6 Å². The molecule has 2 aromatic carbocycles. The van der Waals surface area contributed by atoms with E-state index < -0.39 is 26.6 Å². The Morgan fingerprint density at radius 2 is 1.85 bits per heavy atom. The van der Waals surface area contributed by atoms with Crippen molar-refractivity contribution in [2.75, 3.05) is 13.1 Å². The molecule has 0 radical (unpaired) electrons. The van der Waals surface area contributed by atoms with Gasteiger partial charge < -0.3 is 9.84 Å². The van der Waals surface area contributed by atoms with Crippen LogP contribution in [0.4, 0.5) is 5.69 Å². The quantitative estimate of drug-likeness (QED) is 0.397. The maximum Gasteiger partial charge on any atom is 0.289 e. The summed E-state index contributed by atoms with van der Waals surface area (Å²) in [6, 6.07) is 12.9. The first-order valence-corrected chi connectivity index (χ1v) is 12.1. The number of sulfonamides is 1. The predicted molar refractivity (Wildman–Crippen MR) is 121 cm³/mol. The molecule has 1 saturated heterocycles. The number of nitrogens with one attached hydrogen (secondary N) is 1. The van der Waals surface area contributed by atoms with Gasteiger partial charge in [-0.15, -0.1) is 0 Å². The number of carbonyl (C=O) groups is 1. The maximum atomic E-state index is 12.9. The summed E-state index contributed by atoms with van der Waals surface area (Å²) in [5, 5.41) is 17.9. The Labute approximate surface area is 196 Å². The number of aromatic nitrogens is 2. The first-order valence-electron chi connectivity index (χ1n) is 10.7. The second kappa shape index (κ2) is 9.69. The fourth-order valence-corrected chi connectivity index (χ4v) is 5.40. The van der Waals surface area contributed by atoms with E-state index in [1.54, 1.807) is 0 Å². The molecule has 3 aromatic rings. The van der Waals surface area contributed by atoms with Crippen molar-refractivity contribution in [3.63, 3.8) is 0 Å². The molecule has 1 aliphatic rings. The van der Waals surface area contributed by atoms with Gasteiger partial charge in [0.1, 0.15) is 0 Å². The second-order valence-electron chi connectivity index (χ2n) is 8.00. The molecule has 1 N–H and O–H groups in total. The number of amides is 1. The van der Waals surface area contributed by atoms with Gasteiger partial charge in [-0.05, 0) is 25.8 Å². The van der Waals surface area contributed by atoms with Crippen LogP contribution in [0, 0.1) is 23.0 Å². The van der Waals surface area contributed by atoms with Gasteiger partial charge >= 0.3 is 0 Å². The van der Waals surface area contributed by atoms with Crippen molar-refractivity contribution in [1.29, 1.82) is 0 Å². The van der Waals surface area contributed by atoms with Crippen molar-refractivity contribution in [2.45, 2.75) is 31.2 Å². The molecule has 34 heavy (non-hydrogen) atoms. The van der Waals surface area contributed by atoms with Gasteiger partial charge in [0.05, 0.1) is 11.5 Å². The summed E-state index contributed by atoms with van der Waals surface area (Å²) < 4.78 is 32.3. The van der Waals surface area contributed by atoms with E-state index in [9.17, 15) is 23.3 Å². The zero-order valence-corrected chi connectivity index (χ0v) is 19.2. The van der Waals surface area contributed by atoms with E-state index in [1.165, 1.54) is 22.5 Å². The van der Waals surface area contributed by atoms with Crippen LogP contribution in [0.3, 0.4) is 0 Å². The first kappa shape index (κ1) is 23.5. The van der Waals surface area contributed by atoms with E-state index in [1.807, 2.05) is 31.2 Å². The molecule has 178 valence electrons. The largest absolute Gasteiger partial charge is 0.347 e. The van der Waals surface area contributed by atoms with Gasteiger partial charge in [-0.2, -0.15) is 9.29 Å². The normalized spacial score (nSPS) is 15.2. The molecule has 0 bridgehead atoms. The predicted octanol–water partition coefficient (Wildman–Crippen LogP) is 2.67. The van der Waals surface area contributed by atoms with Gasteiger partial charge in [0.15, 0.2) is 4.90 Å². The number of nitrogens with zero attached hydrogens (tertiary/aromatic N) is 4. The summed E-state index contributed by atoms with van der Waals surface area (Å²) in [6.07, 6.45) is 0.592. The Kier molecular flexibility index (Phi) is 6.70. The zero-order valence-electron chi connectivity index (χ0n) is 18.4. The Balaban J connectivity index is 1.33.